The third kappa shape index (κ3) is 4.49. The summed E-state index contributed by atoms with van der Waals surface area (Å²) >= 11 is 0. The Morgan fingerprint density at radius 2 is 1.97 bits per heavy atom. The molecule has 2 aromatic carbocycles. The predicted molar refractivity (Wildman–Crippen MR) is 141 cm³/mol. The zero-order valence-electron chi connectivity index (χ0n) is 20.6. The van der Waals surface area contributed by atoms with E-state index in [0.717, 1.165) is 36.0 Å². The van der Waals surface area contributed by atoms with Gasteiger partial charge in [-0.2, -0.15) is 0 Å². The van der Waals surface area contributed by atoms with Crippen molar-refractivity contribution in [2.75, 3.05) is 18.2 Å². The van der Waals surface area contributed by atoms with Gasteiger partial charge in [0.25, 0.3) is 5.91 Å². The molecule has 0 atom stereocenters. The monoisotopic (exact) mass is 497 g/mol. The van der Waals surface area contributed by atoms with Gasteiger partial charge in [0.1, 0.15) is 23.3 Å². The minimum absolute atomic E-state index is 0.156. The lowest BCUT2D eigenvalue weighted by atomic mass is 9.92. The quantitative estimate of drug-likeness (QED) is 0.331. The normalized spacial score (nSPS) is 13.1. The van der Waals surface area contributed by atoms with Gasteiger partial charge >= 0.3 is 0 Å². The number of hydrogen-bond donors (Lipinski definition) is 3. The molecule has 0 unspecified atom stereocenters. The van der Waals surface area contributed by atoms with Crippen molar-refractivity contribution in [2.24, 2.45) is 0 Å². The van der Waals surface area contributed by atoms with Gasteiger partial charge in [-0.1, -0.05) is 18.7 Å². The first kappa shape index (κ1) is 24.0. The number of fused-ring (bicyclic) bond motifs is 1. The molecule has 0 radical (unpaired) electrons. The van der Waals surface area contributed by atoms with Gasteiger partial charge in [-0.05, 0) is 67.7 Å². The number of rotatable bonds is 7. The van der Waals surface area contributed by atoms with Gasteiger partial charge in [-0.15, -0.1) is 14.8 Å². The highest BCUT2D eigenvalue weighted by molar-refractivity contribution is 6.02. The van der Waals surface area contributed by atoms with Gasteiger partial charge in [0, 0.05) is 22.9 Å². The van der Waals surface area contributed by atoms with Gasteiger partial charge in [-0.25, -0.2) is 4.98 Å². The lowest BCUT2D eigenvalue weighted by Gasteiger charge is -2.26. The van der Waals surface area contributed by atoms with E-state index in [1.807, 2.05) is 31.2 Å². The Hall–Kier alpha value is -4.73. The largest absolute Gasteiger partial charge is 0.496 e. The molecule has 0 saturated heterocycles. The van der Waals surface area contributed by atoms with E-state index in [9.17, 15) is 9.59 Å². The van der Waals surface area contributed by atoms with Crippen LogP contribution in [0.1, 0.15) is 35.2 Å². The van der Waals surface area contributed by atoms with Crippen LogP contribution in [-0.2, 0) is 4.79 Å². The molecule has 4 N–H and O–H groups in total. The van der Waals surface area contributed by atoms with Crippen LogP contribution in [0.4, 0.5) is 11.5 Å². The summed E-state index contributed by atoms with van der Waals surface area (Å²) < 4.78 is 7.09. The van der Waals surface area contributed by atoms with Crippen molar-refractivity contribution in [3.63, 3.8) is 0 Å². The Morgan fingerprint density at radius 3 is 2.62 bits per heavy atom. The number of benzene rings is 2. The Morgan fingerprint density at radius 1 is 1.22 bits per heavy atom. The highest BCUT2D eigenvalue weighted by atomic mass is 16.5. The third-order valence-electron chi connectivity index (χ3n) is 6.58. The number of nitrogens with two attached hydrogens (primary N) is 1. The molecule has 0 bridgehead atoms. The standard InChI is InChI=1S/C27H27N7O3/c1-4-22(35)31-18-10-8-16(9-11-18)24-23(25-26(28)29-14-30-34(25)33-24)19-13-21(37-3)20(12-15(19)2)27(36)32-17-6-5-7-17/h4,8-14,17H,1,5-7H2,2-3H3,(H,31,35)(H,32,36)(H2,28,29,30). The molecular weight excluding hydrogens is 470 g/mol. The Bertz CT molecular complexity index is 1520. The molecule has 10 nitrogen and oxygen atoms in total. The summed E-state index contributed by atoms with van der Waals surface area (Å²) in [5.41, 5.74) is 11.7. The molecule has 188 valence electrons. The van der Waals surface area contributed by atoms with E-state index in [1.54, 1.807) is 19.2 Å². The molecular formula is C27H27N7O3. The van der Waals surface area contributed by atoms with Gasteiger partial charge in [-0.3, -0.25) is 9.59 Å². The number of aromatic nitrogens is 4. The average Bonchev–Trinajstić information content (AvgIpc) is 3.27. The first-order chi connectivity index (χ1) is 17.9. The van der Waals surface area contributed by atoms with E-state index in [-0.39, 0.29) is 23.7 Å². The smallest absolute Gasteiger partial charge is 0.255 e. The second-order valence-corrected chi connectivity index (χ2v) is 8.95. The molecule has 0 spiro atoms. The summed E-state index contributed by atoms with van der Waals surface area (Å²) in [6.45, 7) is 5.40. The van der Waals surface area contributed by atoms with Crippen LogP contribution >= 0.6 is 0 Å². The number of anilines is 2. The second-order valence-electron chi connectivity index (χ2n) is 8.95. The van der Waals surface area contributed by atoms with Crippen LogP contribution in [-0.4, -0.2) is 44.8 Å². The minimum Gasteiger partial charge on any atom is -0.496 e. The number of nitrogens with one attached hydrogen (secondary N) is 2. The zero-order chi connectivity index (χ0) is 26.1. The van der Waals surface area contributed by atoms with E-state index >= 15 is 0 Å². The molecule has 1 aliphatic rings. The fraction of sp³-hybridized carbons (Fsp3) is 0.222. The molecule has 2 aromatic heterocycles. The zero-order valence-corrected chi connectivity index (χ0v) is 20.6. The van der Waals surface area contributed by atoms with Gasteiger partial charge in [0.05, 0.1) is 12.7 Å². The molecule has 1 saturated carbocycles. The molecule has 1 aliphatic carbocycles. The first-order valence-electron chi connectivity index (χ1n) is 11.9. The molecule has 5 rings (SSSR count). The predicted octanol–water partition coefficient (Wildman–Crippen LogP) is 3.76. The Kier molecular flexibility index (Phi) is 6.31. The number of amides is 2. The maximum Gasteiger partial charge on any atom is 0.255 e. The van der Waals surface area contributed by atoms with E-state index in [1.165, 1.54) is 17.0 Å². The van der Waals surface area contributed by atoms with Gasteiger partial charge in [0.15, 0.2) is 5.82 Å². The topological polar surface area (TPSA) is 137 Å². The summed E-state index contributed by atoms with van der Waals surface area (Å²) in [5.74, 6) is 0.258. The highest BCUT2D eigenvalue weighted by Gasteiger charge is 2.26. The SMILES string of the molecule is C=CC(=O)Nc1ccc(-c2nn3ncnc(N)c3c2-c2cc(OC)c(C(=O)NC3CCC3)cc2C)cc1. The van der Waals surface area contributed by atoms with E-state index in [0.29, 0.717) is 33.8 Å². The van der Waals surface area contributed by atoms with Crippen LogP contribution < -0.4 is 21.1 Å². The van der Waals surface area contributed by atoms with Crippen molar-refractivity contribution in [1.82, 2.24) is 25.1 Å². The summed E-state index contributed by atoms with van der Waals surface area (Å²) in [6, 6.07) is 11.1. The number of nitrogen functional groups attached to an aromatic ring is 1. The van der Waals surface area contributed by atoms with Crippen LogP contribution in [0.25, 0.3) is 27.9 Å². The fourth-order valence-corrected chi connectivity index (χ4v) is 4.40. The van der Waals surface area contributed by atoms with Crippen LogP contribution in [0.5, 0.6) is 5.75 Å². The second kappa shape index (κ2) is 9.73. The fourth-order valence-electron chi connectivity index (χ4n) is 4.40. The molecule has 1 fully saturated rings. The summed E-state index contributed by atoms with van der Waals surface area (Å²) in [7, 11) is 1.54. The van der Waals surface area contributed by atoms with Crippen molar-refractivity contribution < 1.29 is 14.3 Å². The number of nitrogens with zero attached hydrogens (tertiary/aromatic N) is 4. The maximum absolute atomic E-state index is 13.0. The number of carbonyl (C=O) groups excluding carboxylic acids is 2. The van der Waals surface area contributed by atoms with E-state index in [4.69, 9.17) is 15.6 Å². The lowest BCUT2D eigenvalue weighted by Crippen LogP contribution is -2.39. The number of ether oxygens (including phenoxy) is 1. The summed E-state index contributed by atoms with van der Waals surface area (Å²) in [5, 5.41) is 14.8. The number of carbonyl (C=O) groups is 2. The van der Waals surface area contributed by atoms with Crippen molar-refractivity contribution in [2.45, 2.75) is 32.2 Å². The van der Waals surface area contributed by atoms with Crippen LogP contribution in [0.15, 0.2) is 55.4 Å². The molecule has 4 aromatic rings. The lowest BCUT2D eigenvalue weighted by molar-refractivity contribution is -0.111. The molecule has 10 heteroatoms. The van der Waals surface area contributed by atoms with Crippen LogP contribution in [0.3, 0.4) is 0 Å². The third-order valence-corrected chi connectivity index (χ3v) is 6.58. The minimum atomic E-state index is -0.298. The van der Waals surface area contributed by atoms with Gasteiger partial charge < -0.3 is 21.1 Å². The average molecular weight is 498 g/mol. The molecule has 2 amide bonds. The summed E-state index contributed by atoms with van der Waals surface area (Å²) in [4.78, 5) is 28.8. The van der Waals surface area contributed by atoms with Crippen molar-refractivity contribution >= 4 is 28.8 Å². The Labute approximate surface area is 213 Å². The van der Waals surface area contributed by atoms with E-state index in [2.05, 4.69) is 27.3 Å². The molecule has 37 heavy (non-hydrogen) atoms. The highest BCUT2D eigenvalue weighted by Crippen LogP contribution is 2.40. The first-order valence-corrected chi connectivity index (χ1v) is 11.9. The van der Waals surface area contributed by atoms with Crippen molar-refractivity contribution in [3.05, 3.63) is 66.5 Å². The van der Waals surface area contributed by atoms with Crippen LogP contribution in [0, 0.1) is 6.92 Å². The van der Waals surface area contributed by atoms with Crippen molar-refractivity contribution in [1.29, 1.82) is 0 Å². The van der Waals surface area contributed by atoms with Crippen LogP contribution in [0.2, 0.25) is 0 Å². The molecule has 0 aliphatic heterocycles. The molecule has 2 heterocycles. The number of methoxy groups -OCH3 is 1. The summed E-state index contributed by atoms with van der Waals surface area (Å²) in [6.07, 6.45) is 5.67. The van der Waals surface area contributed by atoms with Crippen molar-refractivity contribution in [3.8, 4) is 28.1 Å². The number of aryl methyl sites for hydroxylation is 1. The maximum atomic E-state index is 13.0. The Balaban J connectivity index is 1.64. The van der Waals surface area contributed by atoms with E-state index < -0.39 is 0 Å². The van der Waals surface area contributed by atoms with Gasteiger partial charge in [0.2, 0.25) is 5.91 Å². The number of hydrogen-bond acceptors (Lipinski definition) is 7.